The summed E-state index contributed by atoms with van der Waals surface area (Å²) in [6.07, 6.45) is 66.5. The maximum absolute atomic E-state index is 12.9. The third kappa shape index (κ3) is 55.1. The standard InChI is InChI=1S/C62H118O6/c1-4-7-10-13-16-19-22-24-26-28-29-30-31-32-33-34-36-37-40-43-46-49-52-55-61(64)67-58-59(57-66-60(63)54-51-48-45-42-39-21-18-15-12-9-6-3)68-62(65)56-53-50-47-44-41-38-35-27-25-23-20-17-14-11-8-5-2/h15,18,59H,4-14,16-17,19-58H2,1-3H3/b18-15-. The van der Waals surface area contributed by atoms with Gasteiger partial charge in [0, 0.05) is 19.3 Å². The van der Waals surface area contributed by atoms with Gasteiger partial charge in [-0.1, -0.05) is 303 Å². The summed E-state index contributed by atoms with van der Waals surface area (Å²) in [5.41, 5.74) is 0. The van der Waals surface area contributed by atoms with Crippen molar-refractivity contribution >= 4 is 17.9 Å². The van der Waals surface area contributed by atoms with Gasteiger partial charge in [-0.05, 0) is 38.5 Å². The maximum Gasteiger partial charge on any atom is 0.306 e. The van der Waals surface area contributed by atoms with Gasteiger partial charge in [0.15, 0.2) is 6.10 Å². The molecule has 0 rings (SSSR count). The van der Waals surface area contributed by atoms with E-state index in [2.05, 4.69) is 32.9 Å². The first-order valence-corrected chi connectivity index (χ1v) is 30.7. The molecule has 1 atom stereocenters. The van der Waals surface area contributed by atoms with Gasteiger partial charge in [-0.3, -0.25) is 14.4 Å². The predicted molar refractivity (Wildman–Crippen MR) is 293 cm³/mol. The Hall–Kier alpha value is -1.85. The molecule has 0 N–H and O–H groups in total. The molecule has 0 fully saturated rings. The number of carbonyl (C=O) groups is 3. The average Bonchev–Trinajstić information content (AvgIpc) is 3.34. The maximum atomic E-state index is 12.9. The number of rotatable bonds is 57. The molecule has 0 radical (unpaired) electrons. The van der Waals surface area contributed by atoms with Crippen LogP contribution in [-0.4, -0.2) is 37.2 Å². The summed E-state index contributed by atoms with van der Waals surface area (Å²) < 4.78 is 16.9. The van der Waals surface area contributed by atoms with E-state index in [1.807, 2.05) is 0 Å². The lowest BCUT2D eigenvalue weighted by Gasteiger charge is -2.18. The van der Waals surface area contributed by atoms with Gasteiger partial charge in [0.1, 0.15) is 13.2 Å². The van der Waals surface area contributed by atoms with E-state index in [0.29, 0.717) is 19.3 Å². The van der Waals surface area contributed by atoms with Gasteiger partial charge in [0.25, 0.3) is 0 Å². The highest BCUT2D eigenvalue weighted by atomic mass is 16.6. The van der Waals surface area contributed by atoms with Gasteiger partial charge in [-0.25, -0.2) is 0 Å². The van der Waals surface area contributed by atoms with Crippen molar-refractivity contribution in [3.63, 3.8) is 0 Å². The fourth-order valence-corrected chi connectivity index (χ4v) is 9.37. The highest BCUT2D eigenvalue weighted by Gasteiger charge is 2.19. The lowest BCUT2D eigenvalue weighted by molar-refractivity contribution is -0.167. The Morgan fingerprint density at radius 3 is 0.779 bits per heavy atom. The van der Waals surface area contributed by atoms with Crippen LogP contribution in [0.5, 0.6) is 0 Å². The lowest BCUT2D eigenvalue weighted by atomic mass is 10.0. The van der Waals surface area contributed by atoms with Crippen molar-refractivity contribution in [2.45, 2.75) is 354 Å². The quantitative estimate of drug-likeness (QED) is 0.0262. The Bertz CT molecular complexity index is 1060. The summed E-state index contributed by atoms with van der Waals surface area (Å²) in [5, 5.41) is 0. The average molecular weight is 960 g/mol. The minimum atomic E-state index is -0.767. The topological polar surface area (TPSA) is 78.9 Å². The van der Waals surface area contributed by atoms with Gasteiger partial charge < -0.3 is 14.2 Å². The highest BCUT2D eigenvalue weighted by molar-refractivity contribution is 5.71. The van der Waals surface area contributed by atoms with Gasteiger partial charge >= 0.3 is 17.9 Å². The zero-order chi connectivity index (χ0) is 49.3. The summed E-state index contributed by atoms with van der Waals surface area (Å²) >= 11 is 0. The van der Waals surface area contributed by atoms with Gasteiger partial charge in [-0.2, -0.15) is 0 Å². The van der Waals surface area contributed by atoms with E-state index in [1.54, 1.807) is 0 Å². The summed E-state index contributed by atoms with van der Waals surface area (Å²) in [6, 6.07) is 0. The molecule has 0 heterocycles. The van der Waals surface area contributed by atoms with Crippen molar-refractivity contribution in [1.29, 1.82) is 0 Å². The predicted octanol–water partition coefficient (Wildman–Crippen LogP) is 20.5. The molecule has 0 aliphatic heterocycles. The van der Waals surface area contributed by atoms with Crippen LogP contribution >= 0.6 is 0 Å². The van der Waals surface area contributed by atoms with Crippen LogP contribution in [0.15, 0.2) is 12.2 Å². The molecule has 0 aromatic carbocycles. The number of esters is 3. The zero-order valence-corrected chi connectivity index (χ0v) is 46.2. The molecular weight excluding hydrogens is 841 g/mol. The normalized spacial score (nSPS) is 12.0. The summed E-state index contributed by atoms with van der Waals surface area (Å²) in [5.74, 6) is -0.850. The van der Waals surface area contributed by atoms with Crippen LogP contribution in [-0.2, 0) is 28.6 Å². The molecule has 0 aliphatic rings. The number of hydrogen-bond donors (Lipinski definition) is 0. The van der Waals surface area contributed by atoms with E-state index in [9.17, 15) is 14.4 Å². The second-order valence-corrected chi connectivity index (χ2v) is 21.0. The number of allylic oxidation sites excluding steroid dienone is 2. The molecule has 68 heavy (non-hydrogen) atoms. The van der Waals surface area contributed by atoms with Crippen molar-refractivity contribution in [3.05, 3.63) is 12.2 Å². The third-order valence-electron chi connectivity index (χ3n) is 14.0. The van der Waals surface area contributed by atoms with E-state index in [-0.39, 0.29) is 31.1 Å². The molecule has 1 unspecified atom stereocenters. The Morgan fingerprint density at radius 2 is 0.500 bits per heavy atom. The van der Waals surface area contributed by atoms with Crippen molar-refractivity contribution in [3.8, 4) is 0 Å². The van der Waals surface area contributed by atoms with Crippen LogP contribution in [0.2, 0.25) is 0 Å². The first kappa shape index (κ1) is 66.2. The molecule has 0 aromatic rings. The van der Waals surface area contributed by atoms with E-state index >= 15 is 0 Å². The monoisotopic (exact) mass is 959 g/mol. The second-order valence-electron chi connectivity index (χ2n) is 21.0. The van der Waals surface area contributed by atoms with Crippen molar-refractivity contribution in [2.24, 2.45) is 0 Å². The lowest BCUT2D eigenvalue weighted by Crippen LogP contribution is -2.30. The number of unbranched alkanes of at least 4 members (excludes halogenated alkanes) is 44. The highest BCUT2D eigenvalue weighted by Crippen LogP contribution is 2.18. The SMILES string of the molecule is CCCC/C=C\CCCCCCCC(=O)OCC(COC(=O)CCCCCCCCCCCCCCCCCCCCCCCCC)OC(=O)CCCCCCCCCCCCCCCCCC. The summed E-state index contributed by atoms with van der Waals surface area (Å²) in [7, 11) is 0. The molecule has 0 amide bonds. The van der Waals surface area contributed by atoms with Gasteiger partial charge in [0.2, 0.25) is 0 Å². The van der Waals surface area contributed by atoms with Gasteiger partial charge in [0.05, 0.1) is 0 Å². The Kier molecular flexibility index (Phi) is 56.2. The van der Waals surface area contributed by atoms with E-state index in [0.717, 1.165) is 64.2 Å². The first-order valence-electron chi connectivity index (χ1n) is 30.7. The molecule has 6 nitrogen and oxygen atoms in total. The van der Waals surface area contributed by atoms with Crippen molar-refractivity contribution in [2.75, 3.05) is 13.2 Å². The number of hydrogen-bond acceptors (Lipinski definition) is 6. The molecule has 6 heteroatoms. The number of ether oxygens (including phenoxy) is 3. The van der Waals surface area contributed by atoms with Crippen LogP contribution in [0, 0.1) is 0 Å². The fourth-order valence-electron chi connectivity index (χ4n) is 9.37. The minimum Gasteiger partial charge on any atom is -0.462 e. The van der Waals surface area contributed by atoms with Crippen LogP contribution in [0.3, 0.4) is 0 Å². The fraction of sp³-hybridized carbons (Fsp3) is 0.919. The molecule has 0 saturated carbocycles. The zero-order valence-electron chi connectivity index (χ0n) is 46.2. The first-order chi connectivity index (χ1) is 33.5. The smallest absolute Gasteiger partial charge is 0.306 e. The van der Waals surface area contributed by atoms with Crippen LogP contribution in [0.4, 0.5) is 0 Å². The second kappa shape index (κ2) is 57.7. The van der Waals surface area contributed by atoms with Crippen LogP contribution in [0.25, 0.3) is 0 Å². The number of carbonyl (C=O) groups excluding carboxylic acids is 3. The molecule has 0 bridgehead atoms. The molecule has 0 aromatic heterocycles. The van der Waals surface area contributed by atoms with Crippen LogP contribution < -0.4 is 0 Å². The Labute approximate surface area is 424 Å². The molecule has 0 spiro atoms. The van der Waals surface area contributed by atoms with Crippen molar-refractivity contribution < 1.29 is 28.6 Å². The Morgan fingerprint density at radius 1 is 0.279 bits per heavy atom. The molecular formula is C62H118O6. The summed E-state index contributed by atoms with van der Waals surface area (Å²) in [4.78, 5) is 38.1. The van der Waals surface area contributed by atoms with Crippen LogP contribution in [0.1, 0.15) is 348 Å². The van der Waals surface area contributed by atoms with Crippen molar-refractivity contribution in [1.82, 2.24) is 0 Å². The molecule has 0 aliphatic carbocycles. The van der Waals surface area contributed by atoms with Gasteiger partial charge in [-0.15, -0.1) is 0 Å². The van der Waals surface area contributed by atoms with E-state index in [1.165, 1.54) is 244 Å². The largest absolute Gasteiger partial charge is 0.462 e. The van der Waals surface area contributed by atoms with E-state index < -0.39 is 6.10 Å². The Balaban J connectivity index is 4.19. The minimum absolute atomic E-state index is 0.0664. The molecule has 402 valence electrons. The third-order valence-corrected chi connectivity index (χ3v) is 14.0. The van der Waals surface area contributed by atoms with E-state index in [4.69, 9.17) is 14.2 Å². The molecule has 0 saturated heterocycles. The summed E-state index contributed by atoms with van der Waals surface area (Å²) in [6.45, 7) is 6.66.